The van der Waals surface area contributed by atoms with Gasteiger partial charge in [0.25, 0.3) is 5.91 Å². The first-order valence-electron chi connectivity index (χ1n) is 8.12. The highest BCUT2D eigenvalue weighted by molar-refractivity contribution is 5.92. The summed E-state index contributed by atoms with van der Waals surface area (Å²) >= 11 is 0. The summed E-state index contributed by atoms with van der Waals surface area (Å²) in [5.41, 5.74) is 2.16. The maximum Gasteiger partial charge on any atom is 0.270 e. The molecule has 2 N–H and O–H groups in total. The van der Waals surface area contributed by atoms with Gasteiger partial charge in [0.1, 0.15) is 11.4 Å². The maximum absolute atomic E-state index is 12.1. The highest BCUT2D eigenvalue weighted by Crippen LogP contribution is 2.17. The van der Waals surface area contributed by atoms with E-state index in [1.54, 1.807) is 20.3 Å². The predicted molar refractivity (Wildman–Crippen MR) is 96.2 cm³/mol. The highest BCUT2D eigenvalue weighted by Gasteiger charge is 2.10. The van der Waals surface area contributed by atoms with Crippen LogP contribution in [0.2, 0.25) is 0 Å². The van der Waals surface area contributed by atoms with Crippen molar-refractivity contribution in [1.82, 2.24) is 15.3 Å². The summed E-state index contributed by atoms with van der Waals surface area (Å²) in [7, 11) is 3.25. The Labute approximate surface area is 147 Å². The van der Waals surface area contributed by atoms with E-state index in [-0.39, 0.29) is 5.91 Å². The van der Waals surface area contributed by atoms with E-state index in [4.69, 9.17) is 9.47 Å². The van der Waals surface area contributed by atoms with Crippen LogP contribution >= 0.6 is 0 Å². The normalized spacial score (nSPS) is 10.4. The molecular weight excluding hydrogens is 320 g/mol. The van der Waals surface area contributed by atoms with E-state index in [0.29, 0.717) is 31.3 Å². The number of aromatic nitrogens is 2. The van der Waals surface area contributed by atoms with E-state index in [1.807, 2.05) is 31.2 Å². The van der Waals surface area contributed by atoms with Crippen LogP contribution in [0.15, 0.2) is 30.3 Å². The molecule has 0 radical (unpaired) electrons. The largest absolute Gasteiger partial charge is 0.496 e. The van der Waals surface area contributed by atoms with E-state index in [2.05, 4.69) is 20.6 Å². The fourth-order valence-corrected chi connectivity index (χ4v) is 2.34. The number of carbonyl (C=O) groups is 1. The topological polar surface area (TPSA) is 85.4 Å². The molecule has 1 aromatic heterocycles. The number of para-hydroxylation sites is 1. The van der Waals surface area contributed by atoms with Gasteiger partial charge in [-0.3, -0.25) is 4.79 Å². The lowest BCUT2D eigenvalue weighted by atomic mass is 10.1. The molecule has 25 heavy (non-hydrogen) atoms. The number of carbonyl (C=O) groups excluding carboxylic acids is 1. The van der Waals surface area contributed by atoms with E-state index in [0.717, 1.165) is 23.4 Å². The highest BCUT2D eigenvalue weighted by atomic mass is 16.5. The van der Waals surface area contributed by atoms with Crippen molar-refractivity contribution in [2.24, 2.45) is 0 Å². The third kappa shape index (κ3) is 5.72. The van der Waals surface area contributed by atoms with Crippen LogP contribution in [-0.2, 0) is 11.2 Å². The minimum Gasteiger partial charge on any atom is -0.496 e. The molecule has 2 rings (SSSR count). The summed E-state index contributed by atoms with van der Waals surface area (Å²) in [5, 5.41) is 5.92. The van der Waals surface area contributed by atoms with Gasteiger partial charge in [0, 0.05) is 25.9 Å². The SMILES string of the molecule is COCCNC(=O)c1cc(C)nc(NCCc2ccccc2OC)n1. The minimum absolute atomic E-state index is 0.240. The molecule has 0 bridgehead atoms. The zero-order valence-corrected chi connectivity index (χ0v) is 14.8. The van der Waals surface area contributed by atoms with Gasteiger partial charge in [-0.1, -0.05) is 18.2 Å². The number of methoxy groups -OCH3 is 2. The first-order valence-corrected chi connectivity index (χ1v) is 8.12. The molecule has 134 valence electrons. The molecule has 7 nitrogen and oxygen atoms in total. The van der Waals surface area contributed by atoms with Gasteiger partial charge in [0.05, 0.1) is 13.7 Å². The van der Waals surface area contributed by atoms with Crippen molar-refractivity contribution in [2.45, 2.75) is 13.3 Å². The first-order chi connectivity index (χ1) is 12.1. The molecule has 1 amide bonds. The zero-order chi connectivity index (χ0) is 18.1. The van der Waals surface area contributed by atoms with Crippen LogP contribution in [0.25, 0.3) is 0 Å². The van der Waals surface area contributed by atoms with Crippen molar-refractivity contribution in [3.8, 4) is 5.75 Å². The number of hydrogen-bond acceptors (Lipinski definition) is 6. The number of anilines is 1. The van der Waals surface area contributed by atoms with Gasteiger partial charge in [0.15, 0.2) is 0 Å². The molecule has 0 fully saturated rings. The number of nitrogens with zero attached hydrogens (tertiary/aromatic N) is 2. The van der Waals surface area contributed by atoms with Crippen LogP contribution in [0.4, 0.5) is 5.95 Å². The smallest absolute Gasteiger partial charge is 0.270 e. The molecule has 0 saturated carbocycles. The van der Waals surface area contributed by atoms with Gasteiger partial charge in [-0.2, -0.15) is 0 Å². The van der Waals surface area contributed by atoms with Gasteiger partial charge < -0.3 is 20.1 Å². The molecule has 0 aliphatic rings. The molecule has 1 heterocycles. The van der Waals surface area contributed by atoms with E-state index < -0.39 is 0 Å². The fraction of sp³-hybridized carbons (Fsp3) is 0.389. The van der Waals surface area contributed by atoms with Crippen LogP contribution in [0, 0.1) is 6.92 Å². The van der Waals surface area contributed by atoms with Crippen LogP contribution in [0.1, 0.15) is 21.7 Å². The average Bonchev–Trinajstić information content (AvgIpc) is 2.62. The Morgan fingerprint density at radius 3 is 2.72 bits per heavy atom. The van der Waals surface area contributed by atoms with Crippen LogP contribution in [-0.4, -0.2) is 49.8 Å². The Morgan fingerprint density at radius 1 is 1.16 bits per heavy atom. The molecule has 7 heteroatoms. The standard InChI is InChI=1S/C18H24N4O3/c1-13-12-15(17(23)19-10-11-24-2)22-18(21-13)20-9-8-14-6-4-5-7-16(14)25-3/h4-7,12H,8-11H2,1-3H3,(H,19,23)(H,20,21,22). The molecule has 0 aliphatic heterocycles. The van der Waals surface area contributed by atoms with E-state index in [1.165, 1.54) is 0 Å². The summed E-state index contributed by atoms with van der Waals surface area (Å²) in [5.74, 6) is 1.05. The Bertz CT molecular complexity index is 706. The Kier molecular flexibility index (Phi) is 7.16. The molecule has 0 spiro atoms. The van der Waals surface area contributed by atoms with E-state index in [9.17, 15) is 4.79 Å². The third-order valence-electron chi connectivity index (χ3n) is 3.55. The quantitative estimate of drug-likeness (QED) is 0.675. The third-order valence-corrected chi connectivity index (χ3v) is 3.55. The summed E-state index contributed by atoms with van der Waals surface area (Å²) in [4.78, 5) is 20.7. The van der Waals surface area contributed by atoms with Gasteiger partial charge in [0.2, 0.25) is 5.95 Å². The van der Waals surface area contributed by atoms with Crippen LogP contribution in [0.3, 0.4) is 0 Å². The zero-order valence-electron chi connectivity index (χ0n) is 14.8. The van der Waals surface area contributed by atoms with Crippen LogP contribution in [0.5, 0.6) is 5.75 Å². The van der Waals surface area contributed by atoms with Crippen molar-refractivity contribution in [2.75, 3.05) is 39.2 Å². The van der Waals surface area contributed by atoms with E-state index >= 15 is 0 Å². The lowest BCUT2D eigenvalue weighted by Gasteiger charge is -2.10. The van der Waals surface area contributed by atoms with Gasteiger partial charge in [-0.25, -0.2) is 9.97 Å². The maximum atomic E-state index is 12.1. The number of aryl methyl sites for hydroxylation is 1. The lowest BCUT2D eigenvalue weighted by molar-refractivity contribution is 0.0932. The monoisotopic (exact) mass is 344 g/mol. The lowest BCUT2D eigenvalue weighted by Crippen LogP contribution is -2.28. The Balaban J connectivity index is 1.96. The van der Waals surface area contributed by atoms with Crippen LogP contribution < -0.4 is 15.4 Å². The molecular formula is C18H24N4O3. The van der Waals surface area contributed by atoms with Gasteiger partial charge >= 0.3 is 0 Å². The van der Waals surface area contributed by atoms with Gasteiger partial charge in [-0.15, -0.1) is 0 Å². The number of hydrogen-bond donors (Lipinski definition) is 2. The van der Waals surface area contributed by atoms with Crippen molar-refractivity contribution >= 4 is 11.9 Å². The summed E-state index contributed by atoms with van der Waals surface area (Å²) in [6.07, 6.45) is 0.761. The number of rotatable bonds is 9. The predicted octanol–water partition coefficient (Wildman–Crippen LogP) is 1.82. The number of benzene rings is 1. The van der Waals surface area contributed by atoms with Gasteiger partial charge in [-0.05, 0) is 31.0 Å². The summed E-state index contributed by atoms with van der Waals surface area (Å²) < 4.78 is 10.3. The second-order valence-corrected chi connectivity index (χ2v) is 5.46. The second-order valence-electron chi connectivity index (χ2n) is 5.46. The molecule has 2 aromatic rings. The molecule has 0 saturated heterocycles. The molecule has 1 aromatic carbocycles. The molecule has 0 unspecified atom stereocenters. The first kappa shape index (κ1) is 18.7. The molecule has 0 atom stereocenters. The summed E-state index contributed by atoms with van der Waals surface area (Å²) in [6.45, 7) is 3.36. The number of nitrogens with one attached hydrogen (secondary N) is 2. The summed E-state index contributed by atoms with van der Waals surface area (Å²) in [6, 6.07) is 9.53. The number of amides is 1. The van der Waals surface area contributed by atoms with Crippen molar-refractivity contribution < 1.29 is 14.3 Å². The van der Waals surface area contributed by atoms with Crippen molar-refractivity contribution in [3.63, 3.8) is 0 Å². The second kappa shape index (κ2) is 9.58. The van der Waals surface area contributed by atoms with Crippen molar-refractivity contribution in [1.29, 1.82) is 0 Å². The number of ether oxygens (including phenoxy) is 2. The average molecular weight is 344 g/mol. The van der Waals surface area contributed by atoms with Crippen molar-refractivity contribution in [3.05, 3.63) is 47.3 Å². The fourth-order valence-electron chi connectivity index (χ4n) is 2.34. The Morgan fingerprint density at radius 2 is 1.96 bits per heavy atom. The molecule has 0 aliphatic carbocycles. The minimum atomic E-state index is -0.240. The Hall–Kier alpha value is -2.67.